The van der Waals surface area contributed by atoms with E-state index in [1.807, 2.05) is 37.7 Å². The van der Waals surface area contributed by atoms with Crippen LogP contribution < -0.4 is 15.2 Å². The van der Waals surface area contributed by atoms with Crippen LogP contribution in [0.1, 0.15) is 25.8 Å². The molecule has 0 amide bonds. The minimum Gasteiger partial charge on any atom is -0.493 e. The lowest BCUT2D eigenvalue weighted by Gasteiger charge is -2.22. The first-order valence-corrected chi connectivity index (χ1v) is 7.84. The lowest BCUT2D eigenvalue weighted by atomic mass is 9.95. The van der Waals surface area contributed by atoms with Gasteiger partial charge in [-0.25, -0.2) is 0 Å². The Morgan fingerprint density at radius 1 is 1.42 bits per heavy atom. The Balaban J connectivity index is 2.20. The van der Waals surface area contributed by atoms with E-state index in [1.54, 1.807) is 7.11 Å². The molecule has 1 unspecified atom stereocenters. The number of rotatable bonds is 5. The van der Waals surface area contributed by atoms with E-state index >= 15 is 0 Å². The van der Waals surface area contributed by atoms with Gasteiger partial charge in [-0.1, -0.05) is 12.1 Å². The predicted molar refractivity (Wildman–Crippen MR) is 81.3 cm³/mol. The molecule has 1 saturated heterocycles. The van der Waals surface area contributed by atoms with Gasteiger partial charge in [0.2, 0.25) is 0 Å². The summed E-state index contributed by atoms with van der Waals surface area (Å²) in [5, 5.41) is 0. The molecule has 2 N–H and O–H groups in total. The summed E-state index contributed by atoms with van der Waals surface area (Å²) < 4.78 is 11.6. The lowest BCUT2D eigenvalue weighted by Crippen LogP contribution is -2.34. The Labute approximate surface area is 119 Å². The SMILES string of the molecule is COc1c(CC(C)(C)N)cccc1OC1CCSC1. The normalized spacial score (nSPS) is 19.5. The Bertz CT molecular complexity index is 423. The molecular formula is C15H23NO2S. The van der Waals surface area contributed by atoms with Gasteiger partial charge < -0.3 is 15.2 Å². The van der Waals surface area contributed by atoms with Crippen LogP contribution in [0, 0.1) is 0 Å². The van der Waals surface area contributed by atoms with Crippen molar-refractivity contribution < 1.29 is 9.47 Å². The summed E-state index contributed by atoms with van der Waals surface area (Å²) in [5.41, 5.74) is 6.96. The van der Waals surface area contributed by atoms with Crippen LogP contribution in [0.2, 0.25) is 0 Å². The molecule has 19 heavy (non-hydrogen) atoms. The van der Waals surface area contributed by atoms with Crippen molar-refractivity contribution in [3.63, 3.8) is 0 Å². The Hall–Kier alpha value is -0.870. The fourth-order valence-electron chi connectivity index (χ4n) is 2.30. The molecule has 0 bridgehead atoms. The van der Waals surface area contributed by atoms with Crippen LogP contribution >= 0.6 is 11.8 Å². The summed E-state index contributed by atoms with van der Waals surface area (Å²) in [5.74, 6) is 3.92. The molecule has 0 radical (unpaired) electrons. The highest BCUT2D eigenvalue weighted by Crippen LogP contribution is 2.35. The number of thioether (sulfide) groups is 1. The monoisotopic (exact) mass is 281 g/mol. The number of hydrogen-bond donors (Lipinski definition) is 1. The van der Waals surface area contributed by atoms with Gasteiger partial charge in [0.05, 0.1) is 7.11 Å². The molecule has 0 aliphatic carbocycles. The van der Waals surface area contributed by atoms with Crippen LogP contribution in [0.3, 0.4) is 0 Å². The fraction of sp³-hybridized carbons (Fsp3) is 0.600. The number of nitrogens with two attached hydrogens (primary N) is 1. The molecule has 1 aromatic carbocycles. The molecule has 1 aliphatic rings. The summed E-state index contributed by atoms with van der Waals surface area (Å²) >= 11 is 1.94. The molecule has 0 spiro atoms. The van der Waals surface area contributed by atoms with Crippen molar-refractivity contribution in [2.24, 2.45) is 5.73 Å². The van der Waals surface area contributed by atoms with Crippen LogP contribution in [0.25, 0.3) is 0 Å². The average molecular weight is 281 g/mol. The standard InChI is InChI=1S/C15H23NO2S/c1-15(2,16)9-11-5-4-6-13(14(11)17-3)18-12-7-8-19-10-12/h4-6,12H,7-10,16H2,1-3H3. The second-order valence-corrected chi connectivity index (χ2v) is 6.87. The van der Waals surface area contributed by atoms with Gasteiger partial charge in [0.1, 0.15) is 6.10 Å². The van der Waals surface area contributed by atoms with Crippen molar-refractivity contribution >= 4 is 11.8 Å². The molecule has 0 aromatic heterocycles. The highest BCUT2D eigenvalue weighted by Gasteiger charge is 2.21. The van der Waals surface area contributed by atoms with Crippen molar-refractivity contribution in [1.82, 2.24) is 0 Å². The predicted octanol–water partition coefficient (Wildman–Crippen LogP) is 2.86. The topological polar surface area (TPSA) is 44.5 Å². The van der Waals surface area contributed by atoms with Gasteiger partial charge in [-0.2, -0.15) is 11.8 Å². The molecule has 3 nitrogen and oxygen atoms in total. The van der Waals surface area contributed by atoms with E-state index in [0.717, 1.165) is 35.7 Å². The van der Waals surface area contributed by atoms with Gasteiger partial charge >= 0.3 is 0 Å². The lowest BCUT2D eigenvalue weighted by molar-refractivity contribution is 0.217. The Kier molecular flexibility index (Phi) is 4.63. The summed E-state index contributed by atoms with van der Waals surface area (Å²) in [7, 11) is 1.69. The van der Waals surface area contributed by atoms with E-state index in [1.165, 1.54) is 5.75 Å². The average Bonchev–Trinajstić information content (AvgIpc) is 2.80. The van der Waals surface area contributed by atoms with Crippen LogP contribution in [-0.2, 0) is 6.42 Å². The first-order valence-electron chi connectivity index (χ1n) is 6.69. The quantitative estimate of drug-likeness (QED) is 0.901. The largest absolute Gasteiger partial charge is 0.493 e. The van der Waals surface area contributed by atoms with Crippen LogP contribution in [0.4, 0.5) is 0 Å². The first-order chi connectivity index (χ1) is 8.99. The first kappa shape index (κ1) is 14.5. The molecule has 106 valence electrons. The second kappa shape index (κ2) is 6.06. The zero-order valence-corrected chi connectivity index (χ0v) is 12.8. The maximum Gasteiger partial charge on any atom is 0.163 e. The van der Waals surface area contributed by atoms with E-state index in [2.05, 4.69) is 6.07 Å². The zero-order chi connectivity index (χ0) is 13.9. The second-order valence-electron chi connectivity index (χ2n) is 5.72. The molecule has 0 saturated carbocycles. The summed E-state index contributed by atoms with van der Waals surface area (Å²) in [4.78, 5) is 0. The van der Waals surface area contributed by atoms with Gasteiger partial charge in [0.15, 0.2) is 11.5 Å². The third-order valence-corrected chi connectivity index (χ3v) is 4.22. The van der Waals surface area contributed by atoms with Gasteiger partial charge in [-0.3, -0.25) is 0 Å². The molecule has 1 fully saturated rings. The van der Waals surface area contributed by atoms with Crippen LogP contribution in [0.5, 0.6) is 11.5 Å². The van der Waals surface area contributed by atoms with E-state index < -0.39 is 0 Å². The molecule has 1 atom stereocenters. The summed E-state index contributed by atoms with van der Waals surface area (Å²) in [6.45, 7) is 4.04. The van der Waals surface area contributed by atoms with Gasteiger partial charge in [-0.05, 0) is 44.1 Å². The maximum absolute atomic E-state index is 6.11. The number of ether oxygens (including phenoxy) is 2. The molecule has 4 heteroatoms. The van der Waals surface area contributed by atoms with E-state index in [0.29, 0.717) is 6.10 Å². The van der Waals surface area contributed by atoms with Crippen LogP contribution in [-0.4, -0.2) is 30.3 Å². The number of benzene rings is 1. The number of para-hydroxylation sites is 1. The van der Waals surface area contributed by atoms with Crippen LogP contribution in [0.15, 0.2) is 18.2 Å². The maximum atomic E-state index is 6.11. The third kappa shape index (κ3) is 4.05. The van der Waals surface area contributed by atoms with Crippen molar-refractivity contribution in [2.45, 2.75) is 38.3 Å². The zero-order valence-electron chi connectivity index (χ0n) is 11.9. The van der Waals surface area contributed by atoms with Crippen molar-refractivity contribution in [1.29, 1.82) is 0 Å². The number of methoxy groups -OCH3 is 1. The Morgan fingerprint density at radius 2 is 2.21 bits per heavy atom. The molecule has 1 heterocycles. The van der Waals surface area contributed by atoms with Crippen molar-refractivity contribution in [3.05, 3.63) is 23.8 Å². The highest BCUT2D eigenvalue weighted by molar-refractivity contribution is 7.99. The minimum atomic E-state index is -0.255. The smallest absolute Gasteiger partial charge is 0.163 e. The number of hydrogen-bond acceptors (Lipinski definition) is 4. The van der Waals surface area contributed by atoms with Gasteiger partial charge in [0.25, 0.3) is 0 Å². The summed E-state index contributed by atoms with van der Waals surface area (Å²) in [6, 6.07) is 6.06. The van der Waals surface area contributed by atoms with E-state index in [9.17, 15) is 0 Å². The highest BCUT2D eigenvalue weighted by atomic mass is 32.2. The summed E-state index contributed by atoms with van der Waals surface area (Å²) in [6.07, 6.45) is 2.19. The molecule has 2 rings (SSSR count). The van der Waals surface area contributed by atoms with E-state index in [4.69, 9.17) is 15.2 Å². The third-order valence-electron chi connectivity index (χ3n) is 3.09. The van der Waals surface area contributed by atoms with Crippen molar-refractivity contribution in [2.75, 3.05) is 18.6 Å². The van der Waals surface area contributed by atoms with Crippen molar-refractivity contribution in [3.8, 4) is 11.5 Å². The Morgan fingerprint density at radius 3 is 2.79 bits per heavy atom. The fourth-order valence-corrected chi connectivity index (χ4v) is 3.40. The van der Waals surface area contributed by atoms with Gasteiger partial charge in [-0.15, -0.1) is 0 Å². The van der Waals surface area contributed by atoms with E-state index in [-0.39, 0.29) is 5.54 Å². The minimum absolute atomic E-state index is 0.255. The molecule has 1 aliphatic heterocycles. The van der Waals surface area contributed by atoms with Gasteiger partial charge in [0, 0.05) is 11.3 Å². The molecular weight excluding hydrogens is 258 g/mol. The molecule has 1 aromatic rings.